The standard InChI is InChI=1S/C16H27N9OS/c1-4-25(5-2)15-21-10(3)12-13(23-15)24-16(22-12)27-9-11(26)19-7-6-8-20-14(17)18/h4-9H2,1-3H3,(H,19,26)(H4,17,18,20)(H,21,22,23,24). The second kappa shape index (κ2) is 9.95. The maximum Gasteiger partial charge on any atom is 0.230 e. The van der Waals surface area contributed by atoms with Gasteiger partial charge in [0.25, 0.3) is 0 Å². The first kappa shape index (κ1) is 20.7. The molecule has 0 radical (unpaired) electrons. The van der Waals surface area contributed by atoms with Crippen LogP contribution in [0.4, 0.5) is 5.95 Å². The van der Waals surface area contributed by atoms with Gasteiger partial charge in [0.2, 0.25) is 11.9 Å². The molecule has 6 N–H and O–H groups in total. The van der Waals surface area contributed by atoms with Crippen molar-refractivity contribution in [3.05, 3.63) is 5.69 Å². The lowest BCUT2D eigenvalue weighted by molar-refractivity contribution is -0.118. The third kappa shape index (κ3) is 5.98. The van der Waals surface area contributed by atoms with E-state index in [1.807, 2.05) is 6.92 Å². The predicted octanol–water partition coefficient (Wildman–Crippen LogP) is 0.379. The first-order valence-electron chi connectivity index (χ1n) is 8.88. The lowest BCUT2D eigenvalue weighted by atomic mass is 10.4. The Morgan fingerprint density at radius 1 is 1.26 bits per heavy atom. The molecular formula is C16H27N9OS. The number of aryl methyl sites for hydroxylation is 1. The van der Waals surface area contributed by atoms with Gasteiger partial charge in [0.15, 0.2) is 16.8 Å². The Labute approximate surface area is 162 Å². The van der Waals surface area contributed by atoms with Crippen LogP contribution >= 0.6 is 11.8 Å². The van der Waals surface area contributed by atoms with E-state index in [0.29, 0.717) is 36.3 Å². The number of aliphatic imine (C=N–C) groups is 1. The van der Waals surface area contributed by atoms with E-state index in [1.54, 1.807) is 0 Å². The fourth-order valence-electron chi connectivity index (χ4n) is 2.42. The van der Waals surface area contributed by atoms with Gasteiger partial charge >= 0.3 is 0 Å². The number of nitrogens with zero attached hydrogens (tertiary/aromatic N) is 5. The zero-order valence-electron chi connectivity index (χ0n) is 15.9. The monoisotopic (exact) mass is 393 g/mol. The molecule has 10 nitrogen and oxygen atoms in total. The van der Waals surface area contributed by atoms with Gasteiger partial charge in [0, 0.05) is 26.2 Å². The molecule has 0 aliphatic rings. The lowest BCUT2D eigenvalue weighted by Gasteiger charge is -2.18. The molecule has 27 heavy (non-hydrogen) atoms. The van der Waals surface area contributed by atoms with Crippen LogP contribution in [-0.2, 0) is 4.79 Å². The minimum Gasteiger partial charge on any atom is -0.370 e. The zero-order chi connectivity index (χ0) is 19.8. The fraction of sp³-hybridized carbons (Fsp3) is 0.562. The van der Waals surface area contributed by atoms with E-state index in [2.05, 4.69) is 49.0 Å². The van der Waals surface area contributed by atoms with Crippen LogP contribution in [0.3, 0.4) is 0 Å². The molecule has 0 aliphatic carbocycles. The molecule has 11 heteroatoms. The first-order chi connectivity index (χ1) is 12.9. The summed E-state index contributed by atoms with van der Waals surface area (Å²) < 4.78 is 0. The quantitative estimate of drug-likeness (QED) is 0.196. The number of amides is 1. The summed E-state index contributed by atoms with van der Waals surface area (Å²) in [6, 6.07) is 0. The van der Waals surface area contributed by atoms with Crippen molar-refractivity contribution in [2.75, 3.05) is 36.8 Å². The maximum atomic E-state index is 11.9. The number of imidazole rings is 1. The van der Waals surface area contributed by atoms with Gasteiger partial charge in [-0.1, -0.05) is 11.8 Å². The Balaban J connectivity index is 1.92. The number of thioether (sulfide) groups is 1. The van der Waals surface area contributed by atoms with Gasteiger partial charge in [-0.2, -0.15) is 4.98 Å². The molecule has 1 amide bonds. The van der Waals surface area contributed by atoms with Crippen molar-refractivity contribution in [1.82, 2.24) is 25.3 Å². The third-order valence-electron chi connectivity index (χ3n) is 3.84. The summed E-state index contributed by atoms with van der Waals surface area (Å²) in [5, 5.41) is 3.47. The highest BCUT2D eigenvalue weighted by molar-refractivity contribution is 7.99. The van der Waals surface area contributed by atoms with Crippen LogP contribution in [0, 0.1) is 6.92 Å². The number of carbonyl (C=O) groups excluding carboxylic acids is 1. The second-order valence-electron chi connectivity index (χ2n) is 5.82. The van der Waals surface area contributed by atoms with E-state index in [-0.39, 0.29) is 17.6 Å². The van der Waals surface area contributed by atoms with Crippen LogP contribution in [0.1, 0.15) is 26.0 Å². The van der Waals surface area contributed by atoms with Gasteiger partial charge in [-0.25, -0.2) is 9.97 Å². The lowest BCUT2D eigenvalue weighted by Crippen LogP contribution is -2.27. The number of anilines is 1. The van der Waals surface area contributed by atoms with E-state index in [9.17, 15) is 4.79 Å². The summed E-state index contributed by atoms with van der Waals surface area (Å²) in [4.78, 5) is 34.6. The molecule has 0 saturated heterocycles. The Morgan fingerprint density at radius 3 is 2.67 bits per heavy atom. The predicted molar refractivity (Wildman–Crippen MR) is 109 cm³/mol. The van der Waals surface area contributed by atoms with Gasteiger partial charge in [0.1, 0.15) is 5.52 Å². The van der Waals surface area contributed by atoms with Gasteiger partial charge < -0.3 is 26.7 Å². The van der Waals surface area contributed by atoms with Crippen molar-refractivity contribution in [2.45, 2.75) is 32.3 Å². The van der Waals surface area contributed by atoms with Gasteiger partial charge in [-0.15, -0.1) is 0 Å². The normalized spacial score (nSPS) is 10.8. The summed E-state index contributed by atoms with van der Waals surface area (Å²) >= 11 is 1.33. The number of nitrogens with one attached hydrogen (secondary N) is 2. The number of aromatic nitrogens is 4. The zero-order valence-corrected chi connectivity index (χ0v) is 16.8. The minimum atomic E-state index is -0.0724. The van der Waals surface area contributed by atoms with E-state index in [1.165, 1.54) is 11.8 Å². The Hall–Kier alpha value is -2.56. The molecule has 0 unspecified atom stereocenters. The van der Waals surface area contributed by atoms with E-state index in [0.717, 1.165) is 24.3 Å². The smallest absolute Gasteiger partial charge is 0.230 e. The molecule has 0 saturated carbocycles. The van der Waals surface area contributed by atoms with Crippen molar-refractivity contribution in [1.29, 1.82) is 0 Å². The molecule has 2 heterocycles. The first-order valence-corrected chi connectivity index (χ1v) is 9.87. The molecule has 0 fully saturated rings. The topological polar surface area (TPSA) is 151 Å². The second-order valence-corrected chi connectivity index (χ2v) is 6.78. The molecule has 0 bridgehead atoms. The number of H-pyrrole nitrogens is 1. The number of hydrogen-bond donors (Lipinski definition) is 4. The highest BCUT2D eigenvalue weighted by Crippen LogP contribution is 2.22. The number of hydrogen-bond acceptors (Lipinski definition) is 7. The molecule has 2 aromatic rings. The maximum absolute atomic E-state index is 11.9. The molecule has 0 atom stereocenters. The fourth-order valence-corrected chi connectivity index (χ4v) is 3.11. The molecule has 2 aromatic heterocycles. The molecule has 2 rings (SSSR count). The highest BCUT2D eigenvalue weighted by atomic mass is 32.2. The number of fused-ring (bicyclic) bond motifs is 1. The average Bonchev–Trinajstić information content (AvgIpc) is 3.04. The largest absolute Gasteiger partial charge is 0.370 e. The van der Waals surface area contributed by atoms with E-state index >= 15 is 0 Å². The number of nitrogens with two attached hydrogens (primary N) is 2. The summed E-state index contributed by atoms with van der Waals surface area (Å²) in [7, 11) is 0. The molecule has 0 spiro atoms. The Bertz CT molecular complexity index is 797. The number of carbonyl (C=O) groups is 1. The van der Waals surface area contributed by atoms with Crippen LogP contribution in [0.2, 0.25) is 0 Å². The number of aromatic amines is 1. The van der Waals surface area contributed by atoms with E-state index in [4.69, 9.17) is 11.5 Å². The van der Waals surface area contributed by atoms with Crippen LogP contribution in [-0.4, -0.2) is 63.7 Å². The molecule has 148 valence electrons. The number of rotatable bonds is 10. The third-order valence-corrected chi connectivity index (χ3v) is 4.71. The van der Waals surface area contributed by atoms with Gasteiger partial charge in [-0.3, -0.25) is 9.79 Å². The molecule has 0 aromatic carbocycles. The highest BCUT2D eigenvalue weighted by Gasteiger charge is 2.14. The van der Waals surface area contributed by atoms with Crippen LogP contribution in [0.5, 0.6) is 0 Å². The Kier molecular flexibility index (Phi) is 7.65. The van der Waals surface area contributed by atoms with Gasteiger partial charge in [-0.05, 0) is 27.2 Å². The van der Waals surface area contributed by atoms with Crippen molar-refractivity contribution in [3.63, 3.8) is 0 Å². The summed E-state index contributed by atoms with van der Waals surface area (Å²) in [6.07, 6.45) is 0.682. The van der Waals surface area contributed by atoms with Crippen molar-refractivity contribution >= 4 is 40.7 Å². The van der Waals surface area contributed by atoms with Crippen molar-refractivity contribution < 1.29 is 4.79 Å². The minimum absolute atomic E-state index is 0.0595. The molecular weight excluding hydrogens is 366 g/mol. The van der Waals surface area contributed by atoms with Crippen LogP contribution in [0.25, 0.3) is 11.2 Å². The summed E-state index contributed by atoms with van der Waals surface area (Å²) in [5.41, 5.74) is 12.7. The van der Waals surface area contributed by atoms with Crippen LogP contribution < -0.4 is 21.7 Å². The van der Waals surface area contributed by atoms with Crippen LogP contribution in [0.15, 0.2) is 10.1 Å². The van der Waals surface area contributed by atoms with Crippen molar-refractivity contribution in [3.8, 4) is 0 Å². The molecule has 0 aliphatic heterocycles. The SMILES string of the molecule is CCN(CC)c1nc(C)c2[nH]c(SCC(=O)NCCCN=C(N)N)nc2n1. The number of guanidine groups is 1. The van der Waals surface area contributed by atoms with Crippen molar-refractivity contribution in [2.24, 2.45) is 16.5 Å². The van der Waals surface area contributed by atoms with E-state index < -0.39 is 0 Å². The Morgan fingerprint density at radius 2 is 2.00 bits per heavy atom. The van der Waals surface area contributed by atoms with Gasteiger partial charge in [0.05, 0.1) is 11.4 Å². The summed E-state index contributed by atoms with van der Waals surface area (Å²) in [5.74, 6) is 0.921. The average molecular weight is 394 g/mol. The summed E-state index contributed by atoms with van der Waals surface area (Å²) in [6.45, 7) is 8.73.